The minimum absolute atomic E-state index is 0.00663. The van der Waals surface area contributed by atoms with E-state index in [1.165, 1.54) is 49.2 Å². The molecule has 2 aliphatic rings. The molecule has 0 unspecified atom stereocenters. The van der Waals surface area contributed by atoms with E-state index in [-0.39, 0.29) is 40.3 Å². The second-order valence-corrected chi connectivity index (χ2v) is 10.6. The van der Waals surface area contributed by atoms with Crippen molar-refractivity contribution in [2.75, 3.05) is 12.4 Å². The molecule has 11 heteroatoms. The second kappa shape index (κ2) is 9.59. The summed E-state index contributed by atoms with van der Waals surface area (Å²) in [6.07, 6.45) is 0.592. The van der Waals surface area contributed by atoms with Crippen molar-refractivity contribution in [2.45, 2.75) is 33.9 Å². The molecule has 1 aliphatic heterocycles. The Bertz CT molecular complexity index is 1340. The lowest BCUT2D eigenvalue weighted by Gasteiger charge is -2.38. The SMILES string of the molecule is COc1cc([N+](=O)[O-])cc2c1N[C@H](c1ccc(F)cc1)[C@@H]1C[C@H](Sc3ccccc3[N+](=O)[O-])[C@@H](Cl)[C@@H]21. The minimum Gasteiger partial charge on any atom is -0.494 e. The van der Waals surface area contributed by atoms with E-state index < -0.39 is 15.2 Å². The highest BCUT2D eigenvalue weighted by molar-refractivity contribution is 8.00. The lowest BCUT2D eigenvalue weighted by molar-refractivity contribution is -0.387. The number of nitro groups is 2. The number of methoxy groups -OCH3 is 1. The van der Waals surface area contributed by atoms with Crippen LogP contribution in [0.1, 0.15) is 29.5 Å². The largest absolute Gasteiger partial charge is 0.494 e. The van der Waals surface area contributed by atoms with Gasteiger partial charge in [0.25, 0.3) is 11.4 Å². The number of anilines is 1. The van der Waals surface area contributed by atoms with Gasteiger partial charge in [0, 0.05) is 23.3 Å². The number of ether oxygens (including phenoxy) is 1. The Hall–Kier alpha value is -3.37. The van der Waals surface area contributed by atoms with Crippen LogP contribution in [0, 0.1) is 32.0 Å². The molecule has 5 atom stereocenters. The number of halogens is 2. The summed E-state index contributed by atoms with van der Waals surface area (Å²) in [6.45, 7) is 0. The summed E-state index contributed by atoms with van der Waals surface area (Å²) in [7, 11) is 1.44. The molecular formula is C25H21ClFN3O5S. The van der Waals surface area contributed by atoms with Gasteiger partial charge in [-0.1, -0.05) is 24.3 Å². The zero-order valence-electron chi connectivity index (χ0n) is 19.0. The van der Waals surface area contributed by atoms with Gasteiger partial charge >= 0.3 is 0 Å². The molecule has 1 fully saturated rings. The molecule has 1 saturated carbocycles. The van der Waals surface area contributed by atoms with Crippen LogP contribution in [0.25, 0.3) is 0 Å². The molecule has 0 radical (unpaired) electrons. The number of hydrogen-bond acceptors (Lipinski definition) is 7. The fourth-order valence-corrected chi connectivity index (χ4v) is 7.25. The van der Waals surface area contributed by atoms with Crippen molar-refractivity contribution >= 4 is 40.4 Å². The van der Waals surface area contributed by atoms with Crippen molar-refractivity contribution in [2.24, 2.45) is 5.92 Å². The zero-order chi connectivity index (χ0) is 25.6. The van der Waals surface area contributed by atoms with Crippen LogP contribution in [0.2, 0.25) is 0 Å². The third-order valence-corrected chi connectivity index (χ3v) is 8.98. The summed E-state index contributed by atoms with van der Waals surface area (Å²) >= 11 is 8.43. The predicted molar refractivity (Wildman–Crippen MR) is 136 cm³/mol. The van der Waals surface area contributed by atoms with Gasteiger partial charge in [0.05, 0.1) is 45.0 Å². The molecule has 186 valence electrons. The Morgan fingerprint density at radius 2 is 1.81 bits per heavy atom. The molecule has 0 amide bonds. The number of benzene rings is 3. The lowest BCUT2D eigenvalue weighted by atomic mass is 9.77. The molecule has 36 heavy (non-hydrogen) atoms. The molecule has 0 bridgehead atoms. The molecule has 1 heterocycles. The van der Waals surface area contributed by atoms with E-state index in [0.29, 0.717) is 28.3 Å². The fourth-order valence-electron chi connectivity index (χ4n) is 5.31. The van der Waals surface area contributed by atoms with E-state index in [9.17, 15) is 24.6 Å². The highest BCUT2D eigenvalue weighted by atomic mass is 35.5. The minimum atomic E-state index is -0.477. The summed E-state index contributed by atoms with van der Waals surface area (Å²) < 4.78 is 19.2. The predicted octanol–water partition coefficient (Wildman–Crippen LogP) is 6.69. The Labute approximate surface area is 215 Å². The van der Waals surface area contributed by atoms with E-state index in [4.69, 9.17) is 16.3 Å². The summed E-state index contributed by atoms with van der Waals surface area (Å²) in [5.74, 6) is -0.431. The van der Waals surface area contributed by atoms with E-state index in [2.05, 4.69) is 5.32 Å². The summed E-state index contributed by atoms with van der Waals surface area (Å²) in [5.41, 5.74) is 2.03. The maximum atomic E-state index is 13.7. The molecule has 5 rings (SSSR count). The molecule has 0 spiro atoms. The number of nitrogens with zero attached hydrogens (tertiary/aromatic N) is 2. The van der Waals surface area contributed by atoms with E-state index in [0.717, 1.165) is 5.56 Å². The average molecular weight is 530 g/mol. The summed E-state index contributed by atoms with van der Waals surface area (Å²) in [4.78, 5) is 22.8. The number of nitro benzene ring substituents is 2. The first-order chi connectivity index (χ1) is 17.3. The van der Waals surface area contributed by atoms with E-state index in [1.807, 2.05) is 0 Å². The summed E-state index contributed by atoms with van der Waals surface area (Å²) in [6, 6.07) is 15.3. The maximum absolute atomic E-state index is 13.7. The Morgan fingerprint density at radius 3 is 2.47 bits per heavy atom. The van der Waals surface area contributed by atoms with Gasteiger partial charge in [-0.05, 0) is 41.7 Å². The van der Waals surface area contributed by atoms with Gasteiger partial charge < -0.3 is 10.1 Å². The number of thioether (sulfide) groups is 1. The van der Waals surface area contributed by atoms with Crippen molar-refractivity contribution in [3.05, 3.63) is 97.8 Å². The lowest BCUT2D eigenvalue weighted by Crippen LogP contribution is -2.31. The van der Waals surface area contributed by atoms with Crippen LogP contribution in [0.15, 0.2) is 65.6 Å². The van der Waals surface area contributed by atoms with Gasteiger partial charge in [-0.3, -0.25) is 20.2 Å². The van der Waals surface area contributed by atoms with Gasteiger partial charge in [-0.2, -0.15) is 0 Å². The second-order valence-electron chi connectivity index (χ2n) is 8.79. The van der Waals surface area contributed by atoms with Crippen molar-refractivity contribution in [1.29, 1.82) is 0 Å². The maximum Gasteiger partial charge on any atom is 0.282 e. The highest BCUT2D eigenvalue weighted by Crippen LogP contribution is 2.60. The van der Waals surface area contributed by atoms with Crippen LogP contribution in [-0.2, 0) is 0 Å². The normalized spacial score (nSPS) is 24.4. The highest BCUT2D eigenvalue weighted by Gasteiger charge is 2.51. The average Bonchev–Trinajstić information content (AvgIpc) is 3.19. The van der Waals surface area contributed by atoms with Crippen molar-refractivity contribution in [3.8, 4) is 5.75 Å². The first-order valence-electron chi connectivity index (χ1n) is 11.2. The molecule has 8 nitrogen and oxygen atoms in total. The van der Waals surface area contributed by atoms with Crippen LogP contribution in [0.3, 0.4) is 0 Å². The first kappa shape index (κ1) is 24.3. The van der Waals surface area contributed by atoms with Crippen LogP contribution in [0.5, 0.6) is 5.75 Å². The van der Waals surface area contributed by atoms with Crippen molar-refractivity contribution < 1.29 is 19.0 Å². The van der Waals surface area contributed by atoms with Gasteiger partial charge in [-0.15, -0.1) is 23.4 Å². The molecule has 3 aromatic rings. The topological polar surface area (TPSA) is 108 Å². The van der Waals surface area contributed by atoms with Crippen molar-refractivity contribution in [1.82, 2.24) is 0 Å². The number of alkyl halides is 1. The summed E-state index contributed by atoms with van der Waals surface area (Å²) in [5, 5.41) is 26.0. The fraction of sp³-hybridized carbons (Fsp3) is 0.280. The number of hydrogen-bond donors (Lipinski definition) is 1. The quantitative estimate of drug-likeness (QED) is 0.215. The van der Waals surface area contributed by atoms with Crippen molar-refractivity contribution in [3.63, 3.8) is 0 Å². The van der Waals surface area contributed by atoms with Crippen LogP contribution in [0.4, 0.5) is 21.5 Å². The molecule has 0 aromatic heterocycles. The molecular weight excluding hydrogens is 509 g/mol. The number of nitrogens with one attached hydrogen (secondary N) is 1. The molecule has 1 N–H and O–H groups in total. The number of fused-ring (bicyclic) bond motifs is 3. The Morgan fingerprint density at radius 1 is 1.08 bits per heavy atom. The Kier molecular flexibility index (Phi) is 6.48. The third kappa shape index (κ3) is 4.24. The van der Waals surface area contributed by atoms with Gasteiger partial charge in [-0.25, -0.2) is 4.39 Å². The van der Waals surface area contributed by atoms with Gasteiger partial charge in [0.15, 0.2) is 0 Å². The van der Waals surface area contributed by atoms with Gasteiger partial charge in [0.2, 0.25) is 0 Å². The third-order valence-electron chi connectivity index (χ3n) is 6.87. The van der Waals surface area contributed by atoms with Crippen LogP contribution < -0.4 is 10.1 Å². The molecule has 0 saturated heterocycles. The monoisotopic (exact) mass is 529 g/mol. The smallest absolute Gasteiger partial charge is 0.282 e. The first-order valence-corrected chi connectivity index (χ1v) is 12.5. The molecule has 1 aliphatic carbocycles. The molecule has 3 aromatic carbocycles. The van der Waals surface area contributed by atoms with Crippen LogP contribution >= 0.6 is 23.4 Å². The van der Waals surface area contributed by atoms with E-state index in [1.54, 1.807) is 30.3 Å². The number of para-hydroxylation sites is 1. The zero-order valence-corrected chi connectivity index (χ0v) is 20.5. The Balaban J connectivity index is 1.60. The van der Waals surface area contributed by atoms with Gasteiger partial charge in [0.1, 0.15) is 11.6 Å². The number of rotatable bonds is 6. The standard InChI is InChI=1S/C25H21ClFN3O5S/c1-35-19-11-15(29(31)32)10-16-22-17(24(28-25(16)19)13-6-8-14(27)9-7-13)12-21(23(22)26)36-20-5-3-2-4-18(20)30(33)34/h2-11,17,21-24,28H,12H2,1H3/t17-,21+,22+,23-,24-/m1/s1. The van der Waals surface area contributed by atoms with E-state index >= 15 is 0 Å². The number of non-ortho nitro benzene ring substituents is 1. The van der Waals surface area contributed by atoms with Crippen LogP contribution in [-0.4, -0.2) is 27.6 Å².